The van der Waals surface area contributed by atoms with Gasteiger partial charge in [0.1, 0.15) is 11.6 Å². The molecule has 1 aromatic rings. The molecule has 0 aliphatic carbocycles. The Hall–Kier alpha value is -1.16. The van der Waals surface area contributed by atoms with Crippen LogP contribution >= 0.6 is 0 Å². The first-order valence-corrected chi connectivity index (χ1v) is 7.91. The first-order chi connectivity index (χ1) is 9.60. The highest BCUT2D eigenvalue weighted by molar-refractivity contribution is 5.35. The molecule has 2 rings (SSSR count). The third-order valence-electron chi connectivity index (χ3n) is 4.64. The molecule has 0 saturated carbocycles. The molecule has 1 aliphatic heterocycles. The van der Waals surface area contributed by atoms with E-state index in [0.29, 0.717) is 5.41 Å². The minimum Gasteiger partial charge on any atom is -0.370 e. The molecule has 1 fully saturated rings. The van der Waals surface area contributed by atoms with E-state index in [1.165, 1.54) is 32.4 Å². The van der Waals surface area contributed by atoms with Crippen molar-refractivity contribution in [2.45, 2.75) is 53.5 Å². The number of anilines is 1. The van der Waals surface area contributed by atoms with Crippen LogP contribution in [0, 0.1) is 12.3 Å². The van der Waals surface area contributed by atoms with Crippen LogP contribution in [0.25, 0.3) is 0 Å². The molecule has 0 bridgehead atoms. The summed E-state index contributed by atoms with van der Waals surface area (Å²) in [5.74, 6) is 1.90. The zero-order valence-corrected chi connectivity index (χ0v) is 13.4. The molecular weight excluding hydrogens is 248 g/mol. The number of nitrogens with zero attached hydrogens (tertiary/aromatic N) is 3. The number of aromatic nitrogens is 2. The lowest BCUT2D eigenvalue weighted by atomic mass is 9.82. The predicted octanol–water partition coefficient (Wildman–Crippen LogP) is 3.23. The Balaban J connectivity index is 2.04. The van der Waals surface area contributed by atoms with Crippen LogP contribution in [0.4, 0.5) is 5.82 Å². The molecular formula is C16H28N4. The highest BCUT2D eigenvalue weighted by Crippen LogP contribution is 2.37. The van der Waals surface area contributed by atoms with E-state index in [1.807, 2.05) is 13.0 Å². The maximum absolute atomic E-state index is 4.62. The topological polar surface area (TPSA) is 41.1 Å². The monoisotopic (exact) mass is 276 g/mol. The first kappa shape index (κ1) is 15.2. The molecule has 1 N–H and O–H groups in total. The fourth-order valence-electron chi connectivity index (χ4n) is 3.16. The molecule has 1 aromatic heterocycles. The van der Waals surface area contributed by atoms with Crippen LogP contribution in [0.3, 0.4) is 0 Å². The van der Waals surface area contributed by atoms with Gasteiger partial charge in [-0.25, -0.2) is 9.97 Å². The fourth-order valence-corrected chi connectivity index (χ4v) is 3.16. The Kier molecular flexibility index (Phi) is 4.97. The van der Waals surface area contributed by atoms with E-state index < -0.39 is 0 Å². The molecule has 0 spiro atoms. The average molecular weight is 276 g/mol. The summed E-state index contributed by atoms with van der Waals surface area (Å²) in [4.78, 5) is 11.7. The van der Waals surface area contributed by atoms with Gasteiger partial charge < -0.3 is 5.32 Å². The van der Waals surface area contributed by atoms with Gasteiger partial charge in [-0.05, 0) is 45.1 Å². The van der Waals surface area contributed by atoms with Crippen molar-refractivity contribution in [1.82, 2.24) is 14.9 Å². The smallest absolute Gasteiger partial charge is 0.144 e. The standard InChI is InChI=1S/C16H28N4/c1-5-16(6-2)8-9-20(12-16)11-15-18-13(4)10-14(19-15)17-7-3/h10H,5-9,11-12H2,1-4H3,(H,17,18,19). The molecule has 1 aliphatic rings. The maximum Gasteiger partial charge on any atom is 0.144 e. The van der Waals surface area contributed by atoms with Gasteiger partial charge in [-0.3, -0.25) is 4.90 Å². The number of aryl methyl sites for hydroxylation is 1. The van der Waals surface area contributed by atoms with Crippen LogP contribution in [0.5, 0.6) is 0 Å². The predicted molar refractivity (Wildman–Crippen MR) is 83.8 cm³/mol. The second kappa shape index (κ2) is 6.53. The summed E-state index contributed by atoms with van der Waals surface area (Å²) in [7, 11) is 0. The normalized spacial score (nSPS) is 18.4. The fraction of sp³-hybridized carbons (Fsp3) is 0.750. The summed E-state index contributed by atoms with van der Waals surface area (Å²) in [6, 6.07) is 2.01. The molecule has 4 nitrogen and oxygen atoms in total. The van der Waals surface area contributed by atoms with E-state index >= 15 is 0 Å². The van der Waals surface area contributed by atoms with Crippen LogP contribution in [0.15, 0.2) is 6.07 Å². The third kappa shape index (κ3) is 3.48. The van der Waals surface area contributed by atoms with Gasteiger partial charge in [0.15, 0.2) is 0 Å². The Morgan fingerprint density at radius 3 is 2.60 bits per heavy atom. The molecule has 0 aromatic carbocycles. The minimum absolute atomic E-state index is 0.522. The lowest BCUT2D eigenvalue weighted by Crippen LogP contribution is -2.27. The summed E-state index contributed by atoms with van der Waals surface area (Å²) in [6.07, 6.45) is 3.86. The lowest BCUT2D eigenvalue weighted by Gasteiger charge is -2.26. The van der Waals surface area contributed by atoms with Crippen molar-refractivity contribution in [3.63, 3.8) is 0 Å². The van der Waals surface area contributed by atoms with Crippen molar-refractivity contribution >= 4 is 5.82 Å². The van der Waals surface area contributed by atoms with E-state index in [0.717, 1.165) is 30.4 Å². The van der Waals surface area contributed by atoms with Gasteiger partial charge >= 0.3 is 0 Å². The van der Waals surface area contributed by atoms with Gasteiger partial charge in [0, 0.05) is 24.8 Å². The molecule has 4 heteroatoms. The Bertz CT molecular complexity index is 440. The van der Waals surface area contributed by atoms with Crippen LogP contribution in [-0.4, -0.2) is 34.5 Å². The van der Waals surface area contributed by atoms with Crippen molar-refractivity contribution in [2.24, 2.45) is 5.41 Å². The zero-order valence-electron chi connectivity index (χ0n) is 13.4. The molecule has 0 atom stereocenters. The molecule has 0 unspecified atom stereocenters. The molecule has 1 saturated heterocycles. The molecule has 0 radical (unpaired) electrons. The Morgan fingerprint density at radius 2 is 2.00 bits per heavy atom. The maximum atomic E-state index is 4.62. The van der Waals surface area contributed by atoms with E-state index in [2.05, 4.69) is 41.0 Å². The van der Waals surface area contributed by atoms with Gasteiger partial charge in [0.25, 0.3) is 0 Å². The first-order valence-electron chi connectivity index (χ1n) is 7.91. The zero-order chi connectivity index (χ0) is 14.6. The van der Waals surface area contributed by atoms with Crippen molar-refractivity contribution < 1.29 is 0 Å². The summed E-state index contributed by atoms with van der Waals surface area (Å²) in [5.41, 5.74) is 1.57. The second-order valence-electron chi connectivity index (χ2n) is 6.01. The summed E-state index contributed by atoms with van der Waals surface area (Å²) < 4.78 is 0. The molecule has 0 amide bonds. The number of likely N-dealkylation sites (tertiary alicyclic amines) is 1. The van der Waals surface area contributed by atoms with Crippen LogP contribution in [0.2, 0.25) is 0 Å². The molecule has 2 heterocycles. The highest BCUT2D eigenvalue weighted by Gasteiger charge is 2.34. The number of hydrogen-bond acceptors (Lipinski definition) is 4. The van der Waals surface area contributed by atoms with Crippen molar-refractivity contribution in [2.75, 3.05) is 25.0 Å². The second-order valence-corrected chi connectivity index (χ2v) is 6.01. The number of nitrogens with one attached hydrogen (secondary N) is 1. The van der Waals surface area contributed by atoms with Crippen LogP contribution < -0.4 is 5.32 Å². The average Bonchev–Trinajstić information content (AvgIpc) is 2.82. The van der Waals surface area contributed by atoms with Crippen LogP contribution in [0.1, 0.15) is 51.6 Å². The number of rotatable bonds is 6. The lowest BCUT2D eigenvalue weighted by molar-refractivity contribution is 0.233. The van der Waals surface area contributed by atoms with Gasteiger partial charge in [-0.2, -0.15) is 0 Å². The SMILES string of the molecule is CCNc1cc(C)nc(CN2CCC(CC)(CC)C2)n1. The largest absolute Gasteiger partial charge is 0.370 e. The quantitative estimate of drug-likeness (QED) is 0.866. The van der Waals surface area contributed by atoms with Crippen molar-refractivity contribution in [1.29, 1.82) is 0 Å². The van der Waals surface area contributed by atoms with Gasteiger partial charge in [0.05, 0.1) is 6.54 Å². The van der Waals surface area contributed by atoms with E-state index in [-0.39, 0.29) is 0 Å². The van der Waals surface area contributed by atoms with Crippen LogP contribution in [-0.2, 0) is 6.54 Å². The van der Waals surface area contributed by atoms with Gasteiger partial charge in [-0.1, -0.05) is 13.8 Å². The van der Waals surface area contributed by atoms with E-state index in [1.54, 1.807) is 0 Å². The van der Waals surface area contributed by atoms with Gasteiger partial charge in [-0.15, -0.1) is 0 Å². The van der Waals surface area contributed by atoms with E-state index in [9.17, 15) is 0 Å². The highest BCUT2D eigenvalue weighted by atomic mass is 15.2. The molecule has 20 heavy (non-hydrogen) atoms. The summed E-state index contributed by atoms with van der Waals surface area (Å²) >= 11 is 0. The number of hydrogen-bond donors (Lipinski definition) is 1. The Morgan fingerprint density at radius 1 is 1.25 bits per heavy atom. The summed E-state index contributed by atoms with van der Waals surface area (Å²) in [6.45, 7) is 12.9. The van der Waals surface area contributed by atoms with Gasteiger partial charge in [0.2, 0.25) is 0 Å². The summed E-state index contributed by atoms with van der Waals surface area (Å²) in [5, 5.41) is 3.28. The van der Waals surface area contributed by atoms with Crippen molar-refractivity contribution in [3.8, 4) is 0 Å². The van der Waals surface area contributed by atoms with Crippen molar-refractivity contribution in [3.05, 3.63) is 17.6 Å². The Labute approximate surface area is 123 Å². The van der Waals surface area contributed by atoms with E-state index in [4.69, 9.17) is 0 Å². The molecule has 112 valence electrons. The minimum atomic E-state index is 0.522. The third-order valence-corrected chi connectivity index (χ3v) is 4.64.